The van der Waals surface area contributed by atoms with Gasteiger partial charge in [0.1, 0.15) is 0 Å². The zero-order valence-corrected chi connectivity index (χ0v) is 30.2. The van der Waals surface area contributed by atoms with E-state index in [1.807, 2.05) is 51.1 Å². The van der Waals surface area contributed by atoms with Crippen LogP contribution in [0.5, 0.6) is 16.6 Å². The largest absolute Gasteiger partial charge is 0.490 e. The number of rotatable bonds is 14. The molecule has 12 heteroatoms. The van der Waals surface area contributed by atoms with Gasteiger partial charge in [0.15, 0.2) is 16.6 Å². The molecule has 3 heterocycles. The number of amides is 3. The average molecular weight is 711 g/mol. The summed E-state index contributed by atoms with van der Waals surface area (Å²) in [5.41, 5.74) is 4.40. The number of benzene rings is 3. The van der Waals surface area contributed by atoms with Crippen LogP contribution in [0.15, 0.2) is 79.1 Å². The van der Waals surface area contributed by atoms with Gasteiger partial charge < -0.3 is 29.8 Å². The number of nitrogens with one attached hydrogen (secondary N) is 3. The molecule has 0 spiro atoms. The highest BCUT2D eigenvalue weighted by atomic mass is 32.1. The molecule has 5 aromatic rings. The SMILES string of the molecule is CCCOc1cc(NC(=O)NC(CC)CC)ccc1Oc1cnc(NC(=O)c2ccc(-n3cc(CN4CCC(O)CC4)c4ccccc43)cc2)s1. The first kappa shape index (κ1) is 35.9. The number of urea groups is 1. The molecule has 6 rings (SSSR count). The number of ether oxygens (including phenoxy) is 2. The first-order valence-electron chi connectivity index (χ1n) is 17.7. The summed E-state index contributed by atoms with van der Waals surface area (Å²) < 4.78 is 14.2. The van der Waals surface area contributed by atoms with Crippen LogP contribution in [0.25, 0.3) is 16.6 Å². The number of piperidine rings is 1. The van der Waals surface area contributed by atoms with Crippen LogP contribution in [0, 0.1) is 0 Å². The number of aliphatic hydroxyl groups is 1. The Bertz CT molecular complexity index is 1930. The summed E-state index contributed by atoms with van der Waals surface area (Å²) in [4.78, 5) is 32.5. The van der Waals surface area contributed by atoms with Gasteiger partial charge >= 0.3 is 6.03 Å². The molecule has 51 heavy (non-hydrogen) atoms. The predicted octanol–water partition coefficient (Wildman–Crippen LogP) is 8.19. The first-order chi connectivity index (χ1) is 24.8. The van der Waals surface area contributed by atoms with E-state index in [2.05, 4.69) is 54.8 Å². The third-order valence-electron chi connectivity index (χ3n) is 9.05. The quantitative estimate of drug-likeness (QED) is 0.0915. The van der Waals surface area contributed by atoms with E-state index in [1.54, 1.807) is 24.4 Å². The van der Waals surface area contributed by atoms with Gasteiger partial charge in [0, 0.05) is 60.3 Å². The number of fused-ring (bicyclic) bond motifs is 1. The minimum absolute atomic E-state index is 0.107. The minimum atomic E-state index is -0.276. The molecule has 0 bridgehead atoms. The third kappa shape index (κ3) is 9.07. The molecule has 2 aromatic heterocycles. The van der Waals surface area contributed by atoms with Crippen LogP contribution in [-0.2, 0) is 6.54 Å². The van der Waals surface area contributed by atoms with E-state index in [-0.39, 0.29) is 24.1 Å². The molecule has 3 amide bonds. The van der Waals surface area contributed by atoms with Gasteiger partial charge in [0.2, 0.25) is 5.06 Å². The second-order valence-corrected chi connectivity index (χ2v) is 13.8. The Kier molecular flexibility index (Phi) is 11.9. The number of hydrogen-bond donors (Lipinski definition) is 4. The topological polar surface area (TPSA) is 130 Å². The van der Waals surface area contributed by atoms with Crippen molar-refractivity contribution >= 4 is 45.0 Å². The lowest BCUT2D eigenvalue weighted by Crippen LogP contribution is -2.37. The molecule has 0 atom stereocenters. The molecule has 268 valence electrons. The van der Waals surface area contributed by atoms with Crippen LogP contribution in [0.3, 0.4) is 0 Å². The van der Waals surface area contributed by atoms with Gasteiger partial charge in [0.25, 0.3) is 5.91 Å². The Hall–Kier alpha value is -4.91. The van der Waals surface area contributed by atoms with Crippen LogP contribution in [0.2, 0.25) is 0 Å². The smallest absolute Gasteiger partial charge is 0.319 e. The number of carbonyl (C=O) groups is 2. The number of anilines is 2. The van der Waals surface area contributed by atoms with Gasteiger partial charge in [-0.3, -0.25) is 15.0 Å². The molecule has 0 aliphatic carbocycles. The number of carbonyl (C=O) groups excluding carboxylic acids is 2. The zero-order chi connectivity index (χ0) is 35.7. The molecule has 1 aliphatic rings. The number of para-hydroxylation sites is 1. The molecule has 1 saturated heterocycles. The number of nitrogens with zero attached hydrogens (tertiary/aromatic N) is 3. The number of aliphatic hydroxyl groups excluding tert-OH is 1. The third-order valence-corrected chi connectivity index (χ3v) is 9.84. The van der Waals surface area contributed by atoms with Gasteiger partial charge in [-0.2, -0.15) is 0 Å². The maximum atomic E-state index is 13.2. The Labute approximate surface area is 302 Å². The van der Waals surface area contributed by atoms with Gasteiger partial charge in [-0.25, -0.2) is 9.78 Å². The fourth-order valence-corrected chi connectivity index (χ4v) is 6.84. The van der Waals surface area contributed by atoms with E-state index in [4.69, 9.17) is 9.47 Å². The lowest BCUT2D eigenvalue weighted by Gasteiger charge is -2.29. The molecular weight excluding hydrogens is 665 g/mol. The number of thiazole rings is 1. The lowest BCUT2D eigenvalue weighted by atomic mass is 10.1. The molecule has 0 saturated carbocycles. The van der Waals surface area contributed by atoms with Gasteiger partial charge in [-0.15, -0.1) is 0 Å². The summed E-state index contributed by atoms with van der Waals surface area (Å²) in [5, 5.41) is 20.7. The van der Waals surface area contributed by atoms with E-state index in [0.717, 1.165) is 62.9 Å². The number of hydrogen-bond acceptors (Lipinski definition) is 8. The van der Waals surface area contributed by atoms with Crippen molar-refractivity contribution in [2.45, 2.75) is 71.6 Å². The Morgan fingerprint density at radius 2 is 1.75 bits per heavy atom. The second-order valence-electron chi connectivity index (χ2n) is 12.8. The molecule has 3 aromatic carbocycles. The van der Waals surface area contributed by atoms with Crippen molar-refractivity contribution in [2.24, 2.45) is 0 Å². The first-order valence-corrected chi connectivity index (χ1v) is 18.5. The zero-order valence-electron chi connectivity index (χ0n) is 29.4. The number of likely N-dealkylation sites (tertiary alicyclic amines) is 1. The highest BCUT2D eigenvalue weighted by Crippen LogP contribution is 2.37. The van der Waals surface area contributed by atoms with Gasteiger partial charge in [-0.05, 0) is 80.1 Å². The van der Waals surface area contributed by atoms with E-state index >= 15 is 0 Å². The van der Waals surface area contributed by atoms with E-state index in [0.29, 0.717) is 39.6 Å². The summed E-state index contributed by atoms with van der Waals surface area (Å²) in [6.07, 6.45) is 7.66. The fraction of sp³-hybridized carbons (Fsp3) is 0.359. The lowest BCUT2D eigenvalue weighted by molar-refractivity contribution is 0.0794. The Morgan fingerprint density at radius 1 is 0.980 bits per heavy atom. The van der Waals surface area contributed by atoms with Crippen LogP contribution >= 0.6 is 11.3 Å². The van der Waals surface area contributed by atoms with Crippen LogP contribution in [0.1, 0.15) is 68.8 Å². The second kappa shape index (κ2) is 16.9. The minimum Gasteiger partial charge on any atom is -0.490 e. The highest BCUT2D eigenvalue weighted by molar-refractivity contribution is 7.17. The monoisotopic (exact) mass is 710 g/mol. The van der Waals surface area contributed by atoms with Crippen molar-refractivity contribution in [1.82, 2.24) is 19.8 Å². The maximum Gasteiger partial charge on any atom is 0.319 e. The molecule has 1 aliphatic heterocycles. The highest BCUT2D eigenvalue weighted by Gasteiger charge is 2.20. The molecule has 0 unspecified atom stereocenters. The maximum absolute atomic E-state index is 13.2. The van der Waals surface area contributed by atoms with Crippen molar-refractivity contribution < 1.29 is 24.2 Å². The normalized spacial score (nSPS) is 13.7. The van der Waals surface area contributed by atoms with Crippen molar-refractivity contribution in [3.63, 3.8) is 0 Å². The van der Waals surface area contributed by atoms with E-state index in [1.165, 1.54) is 22.3 Å². The fourth-order valence-electron chi connectivity index (χ4n) is 6.16. The van der Waals surface area contributed by atoms with Crippen molar-refractivity contribution in [2.75, 3.05) is 30.3 Å². The molecule has 4 N–H and O–H groups in total. The Balaban J connectivity index is 1.10. The summed E-state index contributed by atoms with van der Waals surface area (Å²) in [7, 11) is 0. The molecular formula is C39H46N6O5S. The van der Waals surface area contributed by atoms with Crippen molar-refractivity contribution in [1.29, 1.82) is 0 Å². The van der Waals surface area contributed by atoms with E-state index in [9.17, 15) is 14.7 Å². The van der Waals surface area contributed by atoms with Gasteiger partial charge in [0.05, 0.1) is 24.4 Å². The Morgan fingerprint density at radius 3 is 2.49 bits per heavy atom. The average Bonchev–Trinajstić information content (AvgIpc) is 3.75. The summed E-state index contributed by atoms with van der Waals surface area (Å²) in [5.74, 6) is 0.689. The predicted molar refractivity (Wildman–Crippen MR) is 203 cm³/mol. The van der Waals surface area contributed by atoms with Gasteiger partial charge in [-0.1, -0.05) is 50.3 Å². The standard InChI is InChI=1S/C39H46N6O5S/c1-4-21-49-35-22-29(42-38(48)41-28(5-2)6-3)13-16-34(35)50-36-23-40-39(51-36)43-37(47)26-11-14-30(15-12-26)45-25-27(32-9-7-8-10-33(32)45)24-44-19-17-31(46)18-20-44/h7-16,22-23,25,28,31,46H,4-6,17-21,24H2,1-3H3,(H,40,43,47)(H2,41,42,48). The van der Waals surface area contributed by atoms with Crippen LogP contribution in [0.4, 0.5) is 15.6 Å². The molecule has 11 nitrogen and oxygen atoms in total. The molecule has 1 fully saturated rings. The summed E-state index contributed by atoms with van der Waals surface area (Å²) in [6.45, 7) is 9.17. The van der Waals surface area contributed by atoms with Crippen LogP contribution < -0.4 is 25.4 Å². The molecule has 0 radical (unpaired) electrons. The summed E-state index contributed by atoms with van der Waals surface area (Å²) in [6, 6.07) is 21.0. The van der Waals surface area contributed by atoms with E-state index < -0.39 is 0 Å². The summed E-state index contributed by atoms with van der Waals surface area (Å²) >= 11 is 1.21. The van der Waals surface area contributed by atoms with Crippen LogP contribution in [-0.4, -0.2) is 63.3 Å². The van der Waals surface area contributed by atoms with Crippen molar-refractivity contribution in [3.8, 4) is 22.2 Å². The van der Waals surface area contributed by atoms with Crippen molar-refractivity contribution in [3.05, 3.63) is 90.3 Å². The number of aromatic nitrogens is 2.